The standard InChI is InChI=1S/C15H10O4/c1-19-12-7-9-3-2-8-6-10(16)4-5-11(8)13(9)15(18)14(12)17/h2-7,16H,1H3. The van der Waals surface area contributed by atoms with Crippen LogP contribution in [-0.4, -0.2) is 23.8 Å². The summed E-state index contributed by atoms with van der Waals surface area (Å²) in [4.78, 5) is 24.0. The molecule has 94 valence electrons. The number of benzene rings is 2. The third kappa shape index (κ3) is 1.61. The molecule has 0 saturated heterocycles. The van der Waals surface area contributed by atoms with Crippen molar-refractivity contribution in [3.8, 4) is 5.75 Å². The van der Waals surface area contributed by atoms with Crippen molar-refractivity contribution in [3.63, 3.8) is 0 Å². The predicted octanol–water partition coefficient (Wildman–Crippen LogP) is 2.30. The average Bonchev–Trinajstić information content (AvgIpc) is 2.41. The second kappa shape index (κ2) is 3.95. The summed E-state index contributed by atoms with van der Waals surface area (Å²) in [7, 11) is 1.36. The highest BCUT2D eigenvalue weighted by atomic mass is 16.5. The van der Waals surface area contributed by atoms with Gasteiger partial charge in [-0.25, -0.2) is 0 Å². The number of fused-ring (bicyclic) bond motifs is 3. The van der Waals surface area contributed by atoms with Gasteiger partial charge in [0.1, 0.15) is 5.75 Å². The second-order valence-corrected chi connectivity index (χ2v) is 4.31. The van der Waals surface area contributed by atoms with Gasteiger partial charge in [-0.15, -0.1) is 0 Å². The van der Waals surface area contributed by atoms with Crippen molar-refractivity contribution in [2.75, 3.05) is 7.11 Å². The van der Waals surface area contributed by atoms with Crippen LogP contribution in [0, 0.1) is 0 Å². The van der Waals surface area contributed by atoms with Gasteiger partial charge in [-0.05, 0) is 40.6 Å². The summed E-state index contributed by atoms with van der Waals surface area (Å²) in [5.74, 6) is -1.05. The van der Waals surface area contributed by atoms with Gasteiger partial charge in [-0.1, -0.05) is 12.1 Å². The van der Waals surface area contributed by atoms with Crippen LogP contribution in [0.5, 0.6) is 5.75 Å². The Morgan fingerprint density at radius 1 is 1.05 bits per heavy atom. The second-order valence-electron chi connectivity index (χ2n) is 4.31. The highest BCUT2D eigenvalue weighted by molar-refractivity contribution is 6.53. The van der Waals surface area contributed by atoms with Gasteiger partial charge >= 0.3 is 0 Å². The molecule has 2 aromatic rings. The fourth-order valence-corrected chi connectivity index (χ4v) is 2.29. The number of allylic oxidation sites excluding steroid dienone is 1. The lowest BCUT2D eigenvalue weighted by Gasteiger charge is -2.15. The smallest absolute Gasteiger partial charge is 0.268 e. The molecular weight excluding hydrogens is 244 g/mol. The third-order valence-electron chi connectivity index (χ3n) is 3.20. The van der Waals surface area contributed by atoms with Crippen molar-refractivity contribution in [1.29, 1.82) is 0 Å². The maximum Gasteiger partial charge on any atom is 0.268 e. The summed E-state index contributed by atoms with van der Waals surface area (Å²) in [6, 6.07) is 8.22. The zero-order valence-electron chi connectivity index (χ0n) is 10.1. The van der Waals surface area contributed by atoms with Gasteiger partial charge in [0.05, 0.1) is 7.11 Å². The minimum atomic E-state index is -0.643. The van der Waals surface area contributed by atoms with E-state index >= 15 is 0 Å². The Balaban J connectivity index is 2.37. The molecule has 0 aromatic heterocycles. The molecule has 19 heavy (non-hydrogen) atoms. The van der Waals surface area contributed by atoms with E-state index in [1.165, 1.54) is 13.2 Å². The number of hydrogen-bond donors (Lipinski definition) is 1. The lowest BCUT2D eigenvalue weighted by molar-refractivity contribution is -0.114. The van der Waals surface area contributed by atoms with Crippen molar-refractivity contribution in [3.05, 3.63) is 47.2 Å². The maximum atomic E-state index is 12.2. The van der Waals surface area contributed by atoms with Crippen LogP contribution in [0.25, 0.3) is 16.8 Å². The van der Waals surface area contributed by atoms with Crippen LogP contribution in [0.1, 0.15) is 15.9 Å². The largest absolute Gasteiger partial charge is 0.508 e. The van der Waals surface area contributed by atoms with Crippen LogP contribution in [-0.2, 0) is 9.53 Å². The fraction of sp³-hybridized carbons (Fsp3) is 0.0667. The molecule has 0 saturated carbocycles. The van der Waals surface area contributed by atoms with E-state index in [2.05, 4.69) is 0 Å². The maximum absolute atomic E-state index is 12.2. The highest BCUT2D eigenvalue weighted by Gasteiger charge is 2.29. The highest BCUT2D eigenvalue weighted by Crippen LogP contribution is 2.31. The number of ether oxygens (including phenoxy) is 1. The molecule has 0 heterocycles. The number of aromatic hydroxyl groups is 1. The van der Waals surface area contributed by atoms with Crippen molar-refractivity contribution in [1.82, 2.24) is 0 Å². The van der Waals surface area contributed by atoms with E-state index in [-0.39, 0.29) is 11.5 Å². The predicted molar refractivity (Wildman–Crippen MR) is 69.9 cm³/mol. The molecule has 4 heteroatoms. The number of methoxy groups -OCH3 is 1. The van der Waals surface area contributed by atoms with Crippen LogP contribution in [0.15, 0.2) is 36.1 Å². The Kier molecular flexibility index (Phi) is 2.38. The Labute approximate surface area is 108 Å². The van der Waals surface area contributed by atoms with Crippen LogP contribution in [0.3, 0.4) is 0 Å². The lowest BCUT2D eigenvalue weighted by atomic mass is 9.89. The van der Waals surface area contributed by atoms with Crippen LogP contribution in [0.2, 0.25) is 0 Å². The first-order valence-electron chi connectivity index (χ1n) is 5.72. The van der Waals surface area contributed by atoms with Gasteiger partial charge in [-0.2, -0.15) is 0 Å². The number of phenols is 1. The lowest BCUT2D eigenvalue weighted by Crippen LogP contribution is -2.22. The molecule has 2 aromatic carbocycles. The number of phenolic OH excluding ortho intramolecular Hbond substituents is 1. The number of ketones is 2. The molecule has 3 rings (SSSR count). The average molecular weight is 254 g/mol. The zero-order chi connectivity index (χ0) is 13.6. The van der Waals surface area contributed by atoms with Crippen LogP contribution in [0.4, 0.5) is 0 Å². The Morgan fingerprint density at radius 2 is 1.84 bits per heavy atom. The first-order chi connectivity index (χ1) is 9.11. The first kappa shape index (κ1) is 11.5. The van der Waals surface area contributed by atoms with E-state index in [9.17, 15) is 14.7 Å². The van der Waals surface area contributed by atoms with Gasteiger partial charge in [0, 0.05) is 5.56 Å². The molecule has 0 aliphatic heterocycles. The number of carbonyl (C=O) groups is 2. The topological polar surface area (TPSA) is 63.6 Å². The van der Waals surface area contributed by atoms with Gasteiger partial charge in [0.2, 0.25) is 5.78 Å². The van der Waals surface area contributed by atoms with E-state index in [4.69, 9.17) is 4.74 Å². The van der Waals surface area contributed by atoms with Crippen LogP contribution >= 0.6 is 0 Å². The molecule has 0 spiro atoms. The zero-order valence-corrected chi connectivity index (χ0v) is 10.1. The Morgan fingerprint density at radius 3 is 2.58 bits per heavy atom. The summed E-state index contributed by atoms with van der Waals surface area (Å²) >= 11 is 0. The molecule has 0 fully saturated rings. The van der Waals surface area contributed by atoms with Gasteiger partial charge in [0.25, 0.3) is 5.78 Å². The minimum absolute atomic E-state index is 0.0515. The minimum Gasteiger partial charge on any atom is -0.508 e. The van der Waals surface area contributed by atoms with Crippen LogP contribution < -0.4 is 0 Å². The molecule has 4 nitrogen and oxygen atoms in total. The van der Waals surface area contributed by atoms with E-state index in [1.807, 2.05) is 0 Å². The Bertz CT molecular complexity index is 756. The summed E-state index contributed by atoms with van der Waals surface area (Å²) < 4.78 is 4.91. The quantitative estimate of drug-likeness (QED) is 0.793. The van der Waals surface area contributed by atoms with Crippen molar-refractivity contribution in [2.45, 2.75) is 0 Å². The van der Waals surface area contributed by atoms with Gasteiger partial charge in [-0.3, -0.25) is 9.59 Å². The summed E-state index contributed by atoms with van der Waals surface area (Å²) in [6.45, 7) is 0. The summed E-state index contributed by atoms with van der Waals surface area (Å²) in [5.41, 5.74) is 1.02. The van der Waals surface area contributed by atoms with E-state index < -0.39 is 11.6 Å². The number of carbonyl (C=O) groups excluding carboxylic acids is 2. The first-order valence-corrected chi connectivity index (χ1v) is 5.72. The molecular formula is C15H10O4. The third-order valence-corrected chi connectivity index (χ3v) is 3.20. The van der Waals surface area contributed by atoms with E-state index in [0.717, 1.165) is 0 Å². The molecule has 0 amide bonds. The Hall–Kier alpha value is -2.62. The summed E-state index contributed by atoms with van der Waals surface area (Å²) in [5, 5.41) is 10.8. The SMILES string of the molecule is COC1=Cc2ccc3cc(O)ccc3c2C(=O)C1=O. The van der Waals surface area contributed by atoms with E-state index in [0.29, 0.717) is 21.9 Å². The van der Waals surface area contributed by atoms with Gasteiger partial charge in [0.15, 0.2) is 5.76 Å². The van der Waals surface area contributed by atoms with Crippen molar-refractivity contribution in [2.24, 2.45) is 0 Å². The molecule has 0 atom stereocenters. The molecule has 0 bridgehead atoms. The molecule has 0 radical (unpaired) electrons. The molecule has 1 aliphatic rings. The molecule has 1 aliphatic carbocycles. The summed E-state index contributed by atoms with van der Waals surface area (Å²) in [6.07, 6.45) is 1.56. The molecule has 0 unspecified atom stereocenters. The number of Topliss-reactive ketones (excluding diaryl/α,β-unsaturated/α-hetero) is 2. The monoisotopic (exact) mass is 254 g/mol. The number of hydrogen-bond acceptors (Lipinski definition) is 4. The van der Waals surface area contributed by atoms with E-state index in [1.54, 1.807) is 30.3 Å². The fourth-order valence-electron chi connectivity index (χ4n) is 2.29. The number of rotatable bonds is 1. The normalized spacial score (nSPS) is 14.3. The molecule has 1 N–H and O–H groups in total. The van der Waals surface area contributed by atoms with Gasteiger partial charge < -0.3 is 9.84 Å². The van der Waals surface area contributed by atoms with Crippen molar-refractivity contribution < 1.29 is 19.4 Å². The van der Waals surface area contributed by atoms with Crippen molar-refractivity contribution >= 4 is 28.4 Å².